The van der Waals surface area contributed by atoms with E-state index in [1.165, 1.54) is 212 Å². The fraction of sp³-hybridized carbons (Fsp3) is 0.964. The van der Waals surface area contributed by atoms with Crippen LogP contribution in [0, 0.1) is 17.8 Å². The Balaban J connectivity index is 5.09. The fourth-order valence-corrected chi connectivity index (χ4v) is 8.89. The lowest BCUT2D eigenvalue weighted by Crippen LogP contribution is -2.33. The van der Waals surface area contributed by atoms with Gasteiger partial charge in [0.05, 0.1) is 25.0 Å². The third-order valence-electron chi connectivity index (χ3n) is 13.0. The number of carbonyl (C=O) groups is 2. The lowest BCUT2D eigenvalue weighted by Gasteiger charge is -2.25. The summed E-state index contributed by atoms with van der Waals surface area (Å²) < 4.78 is 12.0. The van der Waals surface area contributed by atoms with E-state index in [0.29, 0.717) is 13.2 Å². The molecule has 0 saturated heterocycles. The van der Waals surface area contributed by atoms with E-state index in [0.717, 1.165) is 70.1 Å². The minimum Gasteiger partial charge on any atom is -0.465 e. The second kappa shape index (κ2) is 48.0. The van der Waals surface area contributed by atoms with E-state index in [9.17, 15) is 9.59 Å². The normalized spacial score (nSPS) is 12.6. The fourth-order valence-electron chi connectivity index (χ4n) is 8.89. The first-order valence-electron chi connectivity index (χ1n) is 27.3. The van der Waals surface area contributed by atoms with Crippen LogP contribution < -0.4 is 0 Å². The van der Waals surface area contributed by atoms with Crippen LogP contribution >= 0.6 is 0 Å². The molecule has 0 N–H and O–H groups in total. The average molecular weight is 833 g/mol. The van der Waals surface area contributed by atoms with Crippen molar-refractivity contribution < 1.29 is 19.1 Å². The monoisotopic (exact) mass is 833 g/mol. The Labute approximate surface area is 371 Å². The summed E-state index contributed by atoms with van der Waals surface area (Å²) in [6.45, 7) is 12.4. The summed E-state index contributed by atoms with van der Waals surface area (Å²) in [7, 11) is 0. The van der Waals surface area contributed by atoms with Crippen LogP contribution in [0.4, 0.5) is 0 Å². The molecule has 352 valence electrons. The summed E-state index contributed by atoms with van der Waals surface area (Å²) in [6.07, 6.45) is 53.8. The molecule has 0 heterocycles. The second-order valence-electron chi connectivity index (χ2n) is 19.4. The molecular formula is C55H108O4. The molecule has 0 rings (SSSR count). The maximum atomic E-state index is 13.9. The lowest BCUT2D eigenvalue weighted by atomic mass is 9.83. The molecule has 0 aromatic heterocycles. The number of ether oxygens (including phenoxy) is 2. The molecule has 0 amide bonds. The predicted octanol–water partition coefficient (Wildman–Crippen LogP) is 18.8. The highest BCUT2D eigenvalue weighted by Gasteiger charge is 2.35. The maximum Gasteiger partial charge on any atom is 0.309 e. The van der Waals surface area contributed by atoms with E-state index in [1.807, 2.05) is 0 Å². The van der Waals surface area contributed by atoms with Crippen molar-refractivity contribution in [1.82, 2.24) is 0 Å². The molecule has 0 aliphatic rings. The third kappa shape index (κ3) is 42.0. The molecule has 0 radical (unpaired) electrons. The molecule has 2 atom stereocenters. The Kier molecular flexibility index (Phi) is 47.1. The number of esters is 2. The van der Waals surface area contributed by atoms with Crippen LogP contribution in [-0.2, 0) is 19.1 Å². The van der Waals surface area contributed by atoms with Gasteiger partial charge in [0.1, 0.15) is 0 Å². The van der Waals surface area contributed by atoms with Crippen LogP contribution in [0.25, 0.3) is 0 Å². The number of hydrogen-bond acceptors (Lipinski definition) is 4. The zero-order valence-electron chi connectivity index (χ0n) is 41.2. The quantitative estimate of drug-likeness (QED) is 0.0453. The zero-order chi connectivity index (χ0) is 43.1. The molecule has 0 aliphatic carbocycles. The molecule has 0 bridgehead atoms. The van der Waals surface area contributed by atoms with E-state index < -0.39 is 0 Å². The first kappa shape index (κ1) is 57.9. The van der Waals surface area contributed by atoms with Crippen molar-refractivity contribution in [3.05, 3.63) is 0 Å². The smallest absolute Gasteiger partial charge is 0.309 e. The standard InChI is InChI=1S/C55H108O4/c1-6-9-12-15-18-20-22-24-25-27-29-34-38-43-48-53(55(57)59-50-45-40-35-31-30-32-36-41-46-51(4)5)52(54(56)58-49-44-39-17-14-11-8-3)47-42-37-33-28-26-23-21-19-16-13-10-7-2/h51-53H,6-50H2,1-5H3. The van der Waals surface area contributed by atoms with E-state index in [1.54, 1.807) is 0 Å². The van der Waals surface area contributed by atoms with E-state index in [4.69, 9.17) is 9.47 Å². The van der Waals surface area contributed by atoms with E-state index >= 15 is 0 Å². The summed E-state index contributed by atoms with van der Waals surface area (Å²) in [6, 6.07) is 0. The zero-order valence-corrected chi connectivity index (χ0v) is 41.2. The Morgan fingerprint density at radius 3 is 0.729 bits per heavy atom. The van der Waals surface area contributed by atoms with Gasteiger partial charge in [-0.3, -0.25) is 9.59 Å². The Morgan fingerprint density at radius 2 is 0.492 bits per heavy atom. The molecule has 0 aromatic rings. The number of carbonyl (C=O) groups excluding carboxylic acids is 2. The van der Waals surface area contributed by atoms with Crippen LogP contribution in [0.5, 0.6) is 0 Å². The summed E-state index contributed by atoms with van der Waals surface area (Å²) in [4.78, 5) is 27.8. The van der Waals surface area contributed by atoms with Crippen LogP contribution in [0.3, 0.4) is 0 Å². The molecular weight excluding hydrogens is 725 g/mol. The highest BCUT2D eigenvalue weighted by atomic mass is 16.5. The summed E-state index contributed by atoms with van der Waals surface area (Å²) >= 11 is 0. The Morgan fingerprint density at radius 1 is 0.288 bits per heavy atom. The minimum absolute atomic E-state index is 0.134. The highest BCUT2D eigenvalue weighted by Crippen LogP contribution is 2.29. The second-order valence-corrected chi connectivity index (χ2v) is 19.4. The van der Waals surface area contributed by atoms with Crippen molar-refractivity contribution in [2.45, 2.75) is 311 Å². The Bertz CT molecular complexity index is 839. The van der Waals surface area contributed by atoms with E-state index in [-0.39, 0.29) is 23.8 Å². The van der Waals surface area contributed by atoms with Crippen LogP contribution in [0.1, 0.15) is 311 Å². The van der Waals surface area contributed by atoms with Crippen molar-refractivity contribution in [2.24, 2.45) is 17.8 Å². The van der Waals surface area contributed by atoms with Gasteiger partial charge in [-0.05, 0) is 31.6 Å². The van der Waals surface area contributed by atoms with Gasteiger partial charge in [0.2, 0.25) is 0 Å². The van der Waals surface area contributed by atoms with E-state index in [2.05, 4.69) is 34.6 Å². The van der Waals surface area contributed by atoms with Crippen molar-refractivity contribution >= 4 is 11.9 Å². The lowest BCUT2D eigenvalue weighted by molar-refractivity contribution is -0.161. The molecule has 0 saturated carbocycles. The van der Waals surface area contributed by atoms with Crippen LogP contribution in [-0.4, -0.2) is 25.2 Å². The van der Waals surface area contributed by atoms with Gasteiger partial charge in [0.25, 0.3) is 0 Å². The topological polar surface area (TPSA) is 52.6 Å². The number of hydrogen-bond donors (Lipinski definition) is 0. The number of unbranched alkanes of at least 4 members (excludes halogenated alkanes) is 36. The molecule has 59 heavy (non-hydrogen) atoms. The molecule has 0 fully saturated rings. The predicted molar refractivity (Wildman–Crippen MR) is 259 cm³/mol. The first-order valence-corrected chi connectivity index (χ1v) is 27.3. The van der Waals surface area contributed by atoms with Crippen LogP contribution in [0.15, 0.2) is 0 Å². The van der Waals surface area contributed by atoms with Gasteiger partial charge >= 0.3 is 11.9 Å². The molecule has 0 spiro atoms. The molecule has 2 unspecified atom stereocenters. The van der Waals surface area contributed by atoms with Gasteiger partial charge in [0, 0.05) is 0 Å². The van der Waals surface area contributed by atoms with Crippen molar-refractivity contribution in [3.8, 4) is 0 Å². The molecule has 4 nitrogen and oxygen atoms in total. The van der Waals surface area contributed by atoms with Gasteiger partial charge in [-0.25, -0.2) is 0 Å². The number of rotatable bonds is 49. The van der Waals surface area contributed by atoms with Gasteiger partial charge in [0.15, 0.2) is 0 Å². The first-order chi connectivity index (χ1) is 29.0. The molecule has 0 aromatic carbocycles. The van der Waals surface area contributed by atoms with Crippen molar-refractivity contribution in [3.63, 3.8) is 0 Å². The summed E-state index contributed by atoms with van der Waals surface area (Å²) in [5, 5.41) is 0. The van der Waals surface area contributed by atoms with Gasteiger partial charge in [-0.1, -0.05) is 285 Å². The SMILES string of the molecule is CCCCCCCCCCCCCCCCC(C(=O)OCCCCCCCCCCC(C)C)C(CCCCCCCCCCCCCC)C(=O)OCCCCCCCC. The van der Waals surface area contributed by atoms with Gasteiger partial charge in [-0.2, -0.15) is 0 Å². The average Bonchev–Trinajstić information content (AvgIpc) is 3.23. The summed E-state index contributed by atoms with van der Waals surface area (Å²) in [5.74, 6) is -0.198. The van der Waals surface area contributed by atoms with Crippen molar-refractivity contribution in [1.29, 1.82) is 0 Å². The van der Waals surface area contributed by atoms with Gasteiger partial charge < -0.3 is 9.47 Å². The largest absolute Gasteiger partial charge is 0.465 e. The van der Waals surface area contributed by atoms with Crippen molar-refractivity contribution in [2.75, 3.05) is 13.2 Å². The summed E-state index contributed by atoms with van der Waals surface area (Å²) in [5.41, 5.74) is 0. The Hall–Kier alpha value is -1.06. The highest BCUT2D eigenvalue weighted by molar-refractivity contribution is 5.82. The van der Waals surface area contributed by atoms with Gasteiger partial charge in [-0.15, -0.1) is 0 Å². The van der Waals surface area contributed by atoms with Crippen LogP contribution in [0.2, 0.25) is 0 Å². The molecule has 4 heteroatoms. The molecule has 0 aliphatic heterocycles. The maximum absolute atomic E-state index is 13.9. The third-order valence-corrected chi connectivity index (χ3v) is 13.0. The minimum atomic E-state index is -0.372.